The lowest BCUT2D eigenvalue weighted by Gasteiger charge is -2.16. The predicted molar refractivity (Wildman–Crippen MR) is 189 cm³/mol. The van der Waals surface area contributed by atoms with E-state index >= 15 is 0 Å². The number of hydrogen-bond acceptors (Lipinski definition) is 0. The minimum Gasteiger partial charge on any atom is -0.307 e. The van der Waals surface area contributed by atoms with Crippen molar-refractivity contribution < 1.29 is 0 Å². The summed E-state index contributed by atoms with van der Waals surface area (Å²) in [6, 6.07) is 52.6. The van der Waals surface area contributed by atoms with Gasteiger partial charge in [0.05, 0.1) is 22.1 Å². The molecular weight excluding hydrogens is 532 g/mol. The summed E-state index contributed by atoms with van der Waals surface area (Å²) < 4.78 is 4.95. The molecule has 0 bridgehead atoms. The molecule has 2 heterocycles. The van der Waals surface area contributed by atoms with Crippen LogP contribution in [0.3, 0.4) is 0 Å². The molecule has 44 heavy (non-hydrogen) atoms. The van der Waals surface area contributed by atoms with Crippen LogP contribution in [0, 0.1) is 0 Å². The molecule has 8 rings (SSSR count). The van der Waals surface area contributed by atoms with Gasteiger partial charge in [-0.25, -0.2) is 0 Å². The summed E-state index contributed by atoms with van der Waals surface area (Å²) in [6.45, 7) is 4.34. The van der Waals surface area contributed by atoms with Crippen LogP contribution in [0.15, 0.2) is 158 Å². The average Bonchev–Trinajstić information content (AvgIpc) is 3.61. The third kappa shape index (κ3) is 4.03. The molecule has 6 aromatic carbocycles. The summed E-state index contributed by atoms with van der Waals surface area (Å²) in [6.07, 6.45) is 4.41. The third-order valence-electron chi connectivity index (χ3n) is 8.86. The summed E-state index contributed by atoms with van der Waals surface area (Å²) in [7, 11) is 0. The highest BCUT2D eigenvalue weighted by Gasteiger charge is 2.22. The number of benzene rings is 6. The topological polar surface area (TPSA) is 9.86 Å². The Morgan fingerprint density at radius 1 is 0.500 bits per heavy atom. The van der Waals surface area contributed by atoms with Gasteiger partial charge in [0.1, 0.15) is 0 Å². The van der Waals surface area contributed by atoms with E-state index < -0.39 is 0 Å². The maximum absolute atomic E-state index is 2.49. The average molecular weight is 565 g/mol. The first-order valence-corrected chi connectivity index (χ1v) is 15.2. The zero-order valence-corrected chi connectivity index (χ0v) is 24.9. The second-order valence-electron chi connectivity index (χ2n) is 11.4. The molecule has 0 aliphatic carbocycles. The minimum absolute atomic E-state index is 1.15. The number of allylic oxidation sites excluding steroid dienone is 4. The minimum atomic E-state index is 1.15. The van der Waals surface area contributed by atoms with Crippen LogP contribution in [0.2, 0.25) is 0 Å². The highest BCUT2D eigenvalue weighted by atomic mass is 15.0. The number of rotatable bonds is 5. The monoisotopic (exact) mass is 564 g/mol. The summed E-state index contributed by atoms with van der Waals surface area (Å²) in [5, 5.41) is 5.01. The van der Waals surface area contributed by atoms with Gasteiger partial charge in [0.25, 0.3) is 0 Å². The number of hydrogen-bond donors (Lipinski definition) is 0. The van der Waals surface area contributed by atoms with Crippen molar-refractivity contribution in [1.29, 1.82) is 0 Å². The van der Waals surface area contributed by atoms with Crippen molar-refractivity contribution in [3.8, 4) is 16.8 Å². The third-order valence-corrected chi connectivity index (χ3v) is 8.86. The van der Waals surface area contributed by atoms with Gasteiger partial charge in [0.15, 0.2) is 0 Å². The molecule has 0 fully saturated rings. The van der Waals surface area contributed by atoms with Gasteiger partial charge in [-0.3, -0.25) is 0 Å². The van der Waals surface area contributed by atoms with Gasteiger partial charge < -0.3 is 9.13 Å². The Kier molecular flexibility index (Phi) is 6.27. The quantitative estimate of drug-likeness (QED) is 0.184. The zero-order chi connectivity index (χ0) is 29.6. The van der Waals surface area contributed by atoms with Crippen molar-refractivity contribution in [2.75, 3.05) is 0 Å². The Morgan fingerprint density at radius 2 is 1.05 bits per heavy atom. The molecule has 0 saturated heterocycles. The van der Waals surface area contributed by atoms with Gasteiger partial charge >= 0.3 is 0 Å². The first kappa shape index (κ1) is 26.1. The lowest BCUT2D eigenvalue weighted by molar-refractivity contribution is 1.17. The zero-order valence-electron chi connectivity index (χ0n) is 24.9. The lowest BCUT2D eigenvalue weighted by Crippen LogP contribution is -2.01. The summed E-state index contributed by atoms with van der Waals surface area (Å²) in [4.78, 5) is 0. The van der Waals surface area contributed by atoms with E-state index in [-0.39, 0.29) is 0 Å². The molecule has 0 unspecified atom stereocenters. The van der Waals surface area contributed by atoms with Gasteiger partial charge in [0, 0.05) is 32.9 Å². The largest absolute Gasteiger partial charge is 0.307 e. The first-order valence-electron chi connectivity index (χ1n) is 15.2. The molecule has 2 nitrogen and oxygen atoms in total. The molecule has 0 aliphatic heterocycles. The predicted octanol–water partition coefficient (Wildman–Crippen LogP) is 11.5. The van der Waals surface area contributed by atoms with Crippen molar-refractivity contribution in [2.45, 2.75) is 13.8 Å². The number of fused-ring (bicyclic) bond motifs is 7. The van der Waals surface area contributed by atoms with E-state index in [0.717, 1.165) is 5.69 Å². The second-order valence-corrected chi connectivity index (χ2v) is 11.4. The Bertz CT molecular complexity index is 2360. The molecule has 0 spiro atoms. The van der Waals surface area contributed by atoms with Gasteiger partial charge in [-0.05, 0) is 66.5 Å². The standard InChI is InChI=1S/C42H32N2/c1-3-14-38(29(2)30-15-6-4-7-16-30)44-40-22-13-11-20-35(40)37-28-27-36-34-19-10-12-21-39(34)43(41(36)42(37)44)33-25-23-32(24-26-33)31-17-8-5-9-18-31/h3-28H,1-2H3/b14-3-,38-29-. The van der Waals surface area contributed by atoms with Crippen molar-refractivity contribution >= 4 is 54.9 Å². The second kappa shape index (κ2) is 10.6. The molecule has 210 valence electrons. The van der Waals surface area contributed by atoms with Crippen molar-refractivity contribution in [3.05, 3.63) is 163 Å². The highest BCUT2D eigenvalue weighted by Crippen LogP contribution is 2.42. The van der Waals surface area contributed by atoms with Crippen LogP contribution in [-0.2, 0) is 0 Å². The molecular formula is C42H32N2. The highest BCUT2D eigenvalue weighted by molar-refractivity contribution is 6.24. The molecule has 0 aliphatic rings. The van der Waals surface area contributed by atoms with E-state index in [4.69, 9.17) is 0 Å². The molecule has 0 saturated carbocycles. The number of para-hydroxylation sites is 2. The van der Waals surface area contributed by atoms with Crippen LogP contribution in [0.4, 0.5) is 0 Å². The lowest BCUT2D eigenvalue weighted by atomic mass is 10.0. The van der Waals surface area contributed by atoms with Gasteiger partial charge in [-0.15, -0.1) is 0 Å². The molecule has 0 N–H and O–H groups in total. The van der Waals surface area contributed by atoms with E-state index in [1.165, 1.54) is 71.6 Å². The normalized spacial score (nSPS) is 12.6. The Balaban J connectivity index is 1.52. The fraction of sp³-hybridized carbons (Fsp3) is 0.0476. The molecule has 0 atom stereocenters. The molecule has 2 aromatic heterocycles. The Morgan fingerprint density at radius 3 is 1.73 bits per heavy atom. The summed E-state index contributed by atoms with van der Waals surface area (Å²) in [5.74, 6) is 0. The van der Waals surface area contributed by atoms with E-state index in [1.54, 1.807) is 0 Å². The van der Waals surface area contributed by atoms with Crippen molar-refractivity contribution in [3.63, 3.8) is 0 Å². The first-order chi connectivity index (χ1) is 21.7. The van der Waals surface area contributed by atoms with Crippen LogP contribution in [0.1, 0.15) is 19.4 Å². The fourth-order valence-electron chi connectivity index (χ4n) is 6.81. The molecule has 2 heteroatoms. The maximum Gasteiger partial charge on any atom is 0.0789 e. The SMILES string of the molecule is C/C=C\C(=C(/C)c1ccccc1)n1c2ccccc2c2ccc3c4ccccc4n(-c4ccc(-c5ccccc5)cc4)c3c21. The van der Waals surface area contributed by atoms with Gasteiger partial charge in [0.2, 0.25) is 0 Å². The van der Waals surface area contributed by atoms with Gasteiger partial charge in [-0.2, -0.15) is 0 Å². The fourth-order valence-corrected chi connectivity index (χ4v) is 6.81. The van der Waals surface area contributed by atoms with Crippen molar-refractivity contribution in [1.82, 2.24) is 9.13 Å². The van der Waals surface area contributed by atoms with Crippen LogP contribution in [-0.4, -0.2) is 9.13 Å². The maximum atomic E-state index is 2.49. The summed E-state index contributed by atoms with van der Waals surface area (Å²) in [5.41, 5.74) is 12.1. The van der Waals surface area contributed by atoms with Crippen LogP contribution < -0.4 is 0 Å². The van der Waals surface area contributed by atoms with E-state index in [2.05, 4.69) is 181 Å². The van der Waals surface area contributed by atoms with Crippen LogP contribution >= 0.6 is 0 Å². The Hall–Kier alpha value is -5.60. The van der Waals surface area contributed by atoms with Crippen molar-refractivity contribution in [2.24, 2.45) is 0 Å². The number of aromatic nitrogens is 2. The Labute approximate surface area is 257 Å². The van der Waals surface area contributed by atoms with Gasteiger partial charge in [-0.1, -0.05) is 127 Å². The van der Waals surface area contributed by atoms with E-state index in [9.17, 15) is 0 Å². The van der Waals surface area contributed by atoms with E-state index in [0.29, 0.717) is 0 Å². The molecule has 8 aromatic rings. The smallest absolute Gasteiger partial charge is 0.0789 e. The number of nitrogens with zero attached hydrogens (tertiary/aromatic N) is 2. The van der Waals surface area contributed by atoms with Crippen LogP contribution in [0.25, 0.3) is 71.7 Å². The summed E-state index contributed by atoms with van der Waals surface area (Å²) >= 11 is 0. The van der Waals surface area contributed by atoms with E-state index in [1.807, 2.05) is 0 Å². The van der Waals surface area contributed by atoms with Crippen LogP contribution in [0.5, 0.6) is 0 Å². The molecule has 0 radical (unpaired) electrons. The molecule has 0 amide bonds.